The largest absolute Gasteiger partial charge is 0.491 e. The number of aryl methyl sites for hydroxylation is 2. The Morgan fingerprint density at radius 1 is 1.39 bits per heavy atom. The molecule has 1 aromatic rings. The van der Waals surface area contributed by atoms with Gasteiger partial charge in [0, 0.05) is 7.05 Å². The molecule has 0 fully saturated rings. The second kappa shape index (κ2) is 6.64. The highest BCUT2D eigenvalue weighted by molar-refractivity contribution is 6.30. The topological polar surface area (TPSA) is 29.5 Å². The van der Waals surface area contributed by atoms with Crippen LogP contribution in [0, 0.1) is 13.8 Å². The third-order valence-corrected chi connectivity index (χ3v) is 2.99. The summed E-state index contributed by atoms with van der Waals surface area (Å²) in [6, 6.07) is 6.03. The maximum Gasteiger partial charge on any atom is 0.240 e. The molecule has 100 valence electrons. The number of alkyl halides is 1. The predicted octanol–water partition coefficient (Wildman–Crippen LogP) is 2.77. The van der Waals surface area contributed by atoms with E-state index in [1.165, 1.54) is 0 Å². The zero-order valence-electron chi connectivity index (χ0n) is 11.4. The second-order valence-electron chi connectivity index (χ2n) is 4.45. The molecule has 0 aliphatic carbocycles. The minimum absolute atomic E-state index is 0.0817. The van der Waals surface area contributed by atoms with Gasteiger partial charge in [-0.25, -0.2) is 0 Å². The molecule has 1 aromatic carbocycles. The van der Waals surface area contributed by atoms with E-state index in [4.69, 9.17) is 16.3 Å². The van der Waals surface area contributed by atoms with Crippen molar-refractivity contribution in [2.24, 2.45) is 0 Å². The summed E-state index contributed by atoms with van der Waals surface area (Å²) < 4.78 is 5.73. The van der Waals surface area contributed by atoms with Crippen molar-refractivity contribution in [3.8, 4) is 5.75 Å². The maximum atomic E-state index is 11.6. The van der Waals surface area contributed by atoms with Crippen LogP contribution in [-0.2, 0) is 4.79 Å². The predicted molar refractivity (Wildman–Crippen MR) is 74.4 cm³/mol. The van der Waals surface area contributed by atoms with Crippen LogP contribution in [0.3, 0.4) is 0 Å². The Bertz CT molecular complexity index is 398. The fourth-order valence-corrected chi connectivity index (χ4v) is 1.89. The van der Waals surface area contributed by atoms with Crippen LogP contribution < -0.4 is 4.74 Å². The van der Waals surface area contributed by atoms with Gasteiger partial charge in [-0.2, -0.15) is 0 Å². The van der Waals surface area contributed by atoms with Crippen LogP contribution in [0.4, 0.5) is 0 Å². The van der Waals surface area contributed by atoms with E-state index >= 15 is 0 Å². The van der Waals surface area contributed by atoms with Gasteiger partial charge in [0.05, 0.1) is 6.54 Å². The normalized spacial score (nSPS) is 12.1. The number of para-hydroxylation sites is 1. The van der Waals surface area contributed by atoms with Gasteiger partial charge in [0.15, 0.2) is 0 Å². The molecule has 0 N–H and O–H groups in total. The molecule has 0 radical (unpaired) electrons. The first-order valence-corrected chi connectivity index (χ1v) is 6.45. The van der Waals surface area contributed by atoms with Crippen LogP contribution in [0.5, 0.6) is 5.75 Å². The number of carbonyl (C=O) groups excluding carboxylic acids is 1. The van der Waals surface area contributed by atoms with E-state index in [0.29, 0.717) is 13.2 Å². The number of amides is 1. The number of rotatable bonds is 5. The van der Waals surface area contributed by atoms with Crippen molar-refractivity contribution in [2.45, 2.75) is 26.1 Å². The molecule has 0 saturated carbocycles. The van der Waals surface area contributed by atoms with Crippen molar-refractivity contribution in [2.75, 3.05) is 20.2 Å². The van der Waals surface area contributed by atoms with Gasteiger partial charge in [0.1, 0.15) is 17.7 Å². The van der Waals surface area contributed by atoms with Crippen LogP contribution >= 0.6 is 11.6 Å². The maximum absolute atomic E-state index is 11.6. The van der Waals surface area contributed by atoms with E-state index in [1.54, 1.807) is 18.9 Å². The Kier molecular flexibility index (Phi) is 5.48. The third-order valence-electron chi connectivity index (χ3n) is 2.80. The molecule has 0 bridgehead atoms. The van der Waals surface area contributed by atoms with E-state index in [0.717, 1.165) is 16.9 Å². The van der Waals surface area contributed by atoms with E-state index in [1.807, 2.05) is 32.0 Å². The zero-order chi connectivity index (χ0) is 13.7. The van der Waals surface area contributed by atoms with E-state index in [2.05, 4.69) is 0 Å². The Morgan fingerprint density at radius 2 is 1.94 bits per heavy atom. The number of halogens is 1. The average molecular weight is 270 g/mol. The molecule has 0 aliphatic rings. The number of nitrogens with zero attached hydrogens (tertiary/aromatic N) is 1. The van der Waals surface area contributed by atoms with Crippen LogP contribution in [0.15, 0.2) is 18.2 Å². The molecule has 1 rings (SSSR count). The van der Waals surface area contributed by atoms with Crippen LogP contribution in [-0.4, -0.2) is 36.4 Å². The highest BCUT2D eigenvalue weighted by atomic mass is 35.5. The lowest BCUT2D eigenvalue weighted by Gasteiger charge is -2.19. The average Bonchev–Trinajstić information content (AvgIpc) is 2.31. The highest BCUT2D eigenvalue weighted by Crippen LogP contribution is 2.22. The molecule has 1 atom stereocenters. The summed E-state index contributed by atoms with van der Waals surface area (Å²) in [7, 11) is 1.73. The lowest BCUT2D eigenvalue weighted by molar-refractivity contribution is -0.129. The number of carbonyl (C=O) groups is 1. The molecule has 1 unspecified atom stereocenters. The molecule has 0 heterocycles. The van der Waals surface area contributed by atoms with Gasteiger partial charge >= 0.3 is 0 Å². The fraction of sp³-hybridized carbons (Fsp3) is 0.500. The number of ether oxygens (including phenoxy) is 1. The first-order valence-electron chi connectivity index (χ1n) is 6.01. The Labute approximate surface area is 114 Å². The summed E-state index contributed by atoms with van der Waals surface area (Å²) in [6.07, 6.45) is 0. The van der Waals surface area contributed by atoms with Gasteiger partial charge in [0.25, 0.3) is 0 Å². The summed E-state index contributed by atoms with van der Waals surface area (Å²) in [5.74, 6) is 0.819. The minimum atomic E-state index is -0.491. The van der Waals surface area contributed by atoms with E-state index in [-0.39, 0.29) is 5.91 Å². The molecule has 0 aromatic heterocycles. The molecule has 0 aliphatic heterocycles. The van der Waals surface area contributed by atoms with Gasteiger partial charge in [-0.05, 0) is 31.9 Å². The molecule has 0 spiro atoms. The number of hydrogen-bond donors (Lipinski definition) is 0. The molecule has 1 amide bonds. The summed E-state index contributed by atoms with van der Waals surface area (Å²) in [4.78, 5) is 13.1. The van der Waals surface area contributed by atoms with E-state index < -0.39 is 5.38 Å². The van der Waals surface area contributed by atoms with Gasteiger partial charge in [-0.1, -0.05) is 18.2 Å². The van der Waals surface area contributed by atoms with Crippen molar-refractivity contribution in [1.82, 2.24) is 4.90 Å². The molecule has 18 heavy (non-hydrogen) atoms. The smallest absolute Gasteiger partial charge is 0.240 e. The van der Waals surface area contributed by atoms with Crippen LogP contribution in [0.1, 0.15) is 18.1 Å². The highest BCUT2D eigenvalue weighted by Gasteiger charge is 2.14. The standard InChI is InChI=1S/C14H20ClNO2/c1-10-6-5-7-11(2)13(10)18-9-8-16(4)14(17)12(3)15/h5-7,12H,8-9H2,1-4H3. The molecule has 0 saturated heterocycles. The Hall–Kier alpha value is -1.22. The summed E-state index contributed by atoms with van der Waals surface area (Å²) in [5, 5.41) is -0.491. The van der Waals surface area contributed by atoms with Gasteiger partial charge in [-0.15, -0.1) is 11.6 Å². The zero-order valence-corrected chi connectivity index (χ0v) is 12.1. The molecular formula is C14H20ClNO2. The quantitative estimate of drug-likeness (QED) is 0.770. The SMILES string of the molecule is Cc1cccc(C)c1OCCN(C)C(=O)C(C)Cl. The summed E-state index contributed by atoms with van der Waals surface area (Å²) >= 11 is 5.74. The first kappa shape index (κ1) is 14.8. The van der Waals surface area contributed by atoms with Gasteiger partial charge in [0.2, 0.25) is 5.91 Å². The fourth-order valence-electron chi connectivity index (χ4n) is 1.73. The van der Waals surface area contributed by atoms with Crippen LogP contribution in [0.2, 0.25) is 0 Å². The molecular weight excluding hydrogens is 250 g/mol. The van der Waals surface area contributed by atoms with Gasteiger partial charge in [-0.3, -0.25) is 4.79 Å². The lowest BCUT2D eigenvalue weighted by Crippen LogP contribution is -2.35. The van der Waals surface area contributed by atoms with Gasteiger partial charge < -0.3 is 9.64 Å². The monoisotopic (exact) mass is 269 g/mol. The summed E-state index contributed by atoms with van der Waals surface area (Å²) in [5.41, 5.74) is 2.21. The van der Waals surface area contributed by atoms with Crippen molar-refractivity contribution >= 4 is 17.5 Å². The summed E-state index contributed by atoms with van der Waals surface area (Å²) in [6.45, 7) is 6.70. The third kappa shape index (κ3) is 3.91. The van der Waals surface area contributed by atoms with Crippen molar-refractivity contribution in [3.63, 3.8) is 0 Å². The molecule has 3 nitrogen and oxygen atoms in total. The first-order chi connectivity index (χ1) is 8.43. The van der Waals surface area contributed by atoms with Crippen molar-refractivity contribution < 1.29 is 9.53 Å². The Balaban J connectivity index is 2.50. The van der Waals surface area contributed by atoms with Crippen LogP contribution in [0.25, 0.3) is 0 Å². The lowest BCUT2D eigenvalue weighted by atomic mass is 10.1. The number of likely N-dealkylation sites (N-methyl/N-ethyl adjacent to an activating group) is 1. The number of benzene rings is 1. The van der Waals surface area contributed by atoms with Crippen molar-refractivity contribution in [3.05, 3.63) is 29.3 Å². The van der Waals surface area contributed by atoms with Crippen molar-refractivity contribution in [1.29, 1.82) is 0 Å². The van der Waals surface area contributed by atoms with E-state index in [9.17, 15) is 4.79 Å². The minimum Gasteiger partial charge on any atom is -0.491 e. The second-order valence-corrected chi connectivity index (χ2v) is 5.10. The molecule has 4 heteroatoms. The number of hydrogen-bond acceptors (Lipinski definition) is 2. The Morgan fingerprint density at radius 3 is 2.44 bits per heavy atom.